The Labute approximate surface area is 135 Å². The van der Waals surface area contributed by atoms with Crippen molar-refractivity contribution in [2.24, 2.45) is 0 Å². The number of hydrogen-bond acceptors (Lipinski definition) is 3. The van der Waals surface area contributed by atoms with Crippen molar-refractivity contribution < 1.29 is 14.3 Å². The maximum Gasteiger partial charge on any atom is 0.225 e. The summed E-state index contributed by atoms with van der Waals surface area (Å²) < 4.78 is 5.27. The van der Waals surface area contributed by atoms with Gasteiger partial charge in [0.2, 0.25) is 11.8 Å². The van der Waals surface area contributed by atoms with Crippen molar-refractivity contribution in [2.75, 3.05) is 19.8 Å². The summed E-state index contributed by atoms with van der Waals surface area (Å²) in [6, 6.07) is 0. The molecule has 0 aliphatic rings. The van der Waals surface area contributed by atoms with Crippen LogP contribution in [-0.2, 0) is 14.3 Å². The average molecular weight is 314 g/mol. The fourth-order valence-corrected chi connectivity index (χ4v) is 2.67. The number of ether oxygens (including phenoxy) is 1. The van der Waals surface area contributed by atoms with Crippen LogP contribution in [0.5, 0.6) is 0 Å². The van der Waals surface area contributed by atoms with Gasteiger partial charge in [-0.15, -0.1) is 0 Å². The Morgan fingerprint density at radius 3 is 1.95 bits per heavy atom. The van der Waals surface area contributed by atoms with Gasteiger partial charge in [-0.05, 0) is 48.0 Å². The van der Waals surface area contributed by atoms with Crippen LogP contribution >= 0.6 is 0 Å². The van der Waals surface area contributed by atoms with Gasteiger partial charge in [0.25, 0.3) is 0 Å². The highest BCUT2D eigenvalue weighted by Gasteiger charge is 2.34. The van der Waals surface area contributed by atoms with Gasteiger partial charge in [0.15, 0.2) is 0 Å². The van der Waals surface area contributed by atoms with E-state index in [4.69, 9.17) is 4.74 Å². The molecule has 0 aromatic heterocycles. The van der Waals surface area contributed by atoms with Gasteiger partial charge in [0.1, 0.15) is 0 Å². The van der Waals surface area contributed by atoms with E-state index in [0.29, 0.717) is 32.6 Å². The predicted molar refractivity (Wildman–Crippen MR) is 89.7 cm³/mol. The first-order chi connectivity index (χ1) is 10.00. The van der Waals surface area contributed by atoms with E-state index in [1.54, 1.807) is 0 Å². The molecule has 0 saturated heterocycles. The first-order valence-electron chi connectivity index (χ1n) is 8.17. The molecule has 0 spiro atoms. The lowest BCUT2D eigenvalue weighted by atomic mass is 9.95. The van der Waals surface area contributed by atoms with Gasteiger partial charge in [0.05, 0.1) is 6.61 Å². The van der Waals surface area contributed by atoms with Gasteiger partial charge < -0.3 is 15.0 Å². The van der Waals surface area contributed by atoms with Crippen molar-refractivity contribution in [1.29, 1.82) is 0 Å². The Hall–Kier alpha value is -1.10. The summed E-state index contributed by atoms with van der Waals surface area (Å²) in [5, 5.41) is 2.78. The topological polar surface area (TPSA) is 58.6 Å². The van der Waals surface area contributed by atoms with E-state index in [1.165, 1.54) is 0 Å². The summed E-state index contributed by atoms with van der Waals surface area (Å²) in [7, 11) is 0. The third-order valence-corrected chi connectivity index (χ3v) is 3.07. The quantitative estimate of drug-likeness (QED) is 0.701. The van der Waals surface area contributed by atoms with E-state index in [1.807, 2.05) is 53.4 Å². The third-order valence-electron chi connectivity index (χ3n) is 3.07. The molecule has 0 aliphatic heterocycles. The van der Waals surface area contributed by atoms with Gasteiger partial charge in [-0.25, -0.2) is 0 Å². The Kier molecular flexibility index (Phi) is 8.68. The number of nitrogens with one attached hydrogen (secondary N) is 1. The van der Waals surface area contributed by atoms with Crippen molar-refractivity contribution in [1.82, 2.24) is 10.2 Å². The average Bonchev–Trinajstić information content (AvgIpc) is 2.31. The fraction of sp³-hybridized carbons (Fsp3) is 0.882. The lowest BCUT2D eigenvalue weighted by Gasteiger charge is -2.45. The molecule has 130 valence electrons. The molecule has 5 nitrogen and oxygen atoms in total. The van der Waals surface area contributed by atoms with Crippen LogP contribution in [0.15, 0.2) is 0 Å². The van der Waals surface area contributed by atoms with Gasteiger partial charge in [0, 0.05) is 37.1 Å². The van der Waals surface area contributed by atoms with E-state index in [0.717, 1.165) is 6.42 Å². The SMILES string of the molecule is CCCOCCC(=O)NCCC(=O)N(C(C)(C)C)C(C)(C)C. The number of carbonyl (C=O) groups is 2. The number of amides is 2. The lowest BCUT2D eigenvalue weighted by molar-refractivity contribution is -0.142. The maximum absolute atomic E-state index is 12.5. The molecule has 0 rings (SSSR count). The minimum atomic E-state index is -0.243. The summed E-state index contributed by atoms with van der Waals surface area (Å²) in [6.45, 7) is 15.7. The zero-order valence-corrected chi connectivity index (χ0v) is 15.4. The van der Waals surface area contributed by atoms with Crippen LogP contribution in [0.2, 0.25) is 0 Å². The van der Waals surface area contributed by atoms with E-state index in [9.17, 15) is 9.59 Å². The highest BCUT2D eigenvalue weighted by molar-refractivity contribution is 5.80. The Balaban J connectivity index is 4.23. The van der Waals surface area contributed by atoms with Crippen LogP contribution in [0, 0.1) is 0 Å². The summed E-state index contributed by atoms with van der Waals surface area (Å²) in [6.07, 6.45) is 1.61. The molecular formula is C17H34N2O3. The van der Waals surface area contributed by atoms with E-state index < -0.39 is 0 Å². The molecule has 0 radical (unpaired) electrons. The standard InChI is InChI=1S/C17H34N2O3/c1-8-12-22-13-10-14(20)18-11-9-15(21)19(16(2,3)4)17(5,6)7/h8-13H2,1-7H3,(H,18,20). The number of nitrogens with zero attached hydrogens (tertiary/aromatic N) is 1. The normalized spacial score (nSPS) is 12.1. The van der Waals surface area contributed by atoms with Crippen molar-refractivity contribution in [3.05, 3.63) is 0 Å². The van der Waals surface area contributed by atoms with Crippen LogP contribution < -0.4 is 5.32 Å². The zero-order valence-electron chi connectivity index (χ0n) is 15.4. The highest BCUT2D eigenvalue weighted by Crippen LogP contribution is 2.25. The summed E-state index contributed by atoms with van der Waals surface area (Å²) >= 11 is 0. The number of carbonyl (C=O) groups excluding carboxylic acids is 2. The highest BCUT2D eigenvalue weighted by atomic mass is 16.5. The smallest absolute Gasteiger partial charge is 0.225 e. The van der Waals surface area contributed by atoms with E-state index >= 15 is 0 Å². The van der Waals surface area contributed by atoms with Crippen molar-refractivity contribution in [3.63, 3.8) is 0 Å². The summed E-state index contributed by atoms with van der Waals surface area (Å²) in [4.78, 5) is 26.0. The van der Waals surface area contributed by atoms with Crippen LogP contribution in [0.3, 0.4) is 0 Å². The largest absolute Gasteiger partial charge is 0.381 e. The Morgan fingerprint density at radius 1 is 0.955 bits per heavy atom. The van der Waals surface area contributed by atoms with Crippen molar-refractivity contribution >= 4 is 11.8 Å². The zero-order chi connectivity index (χ0) is 17.4. The van der Waals surface area contributed by atoms with Gasteiger partial charge in [-0.1, -0.05) is 6.92 Å². The first kappa shape index (κ1) is 20.9. The van der Waals surface area contributed by atoms with Crippen LogP contribution in [0.1, 0.15) is 67.7 Å². The van der Waals surface area contributed by atoms with E-state index in [2.05, 4.69) is 5.32 Å². The maximum atomic E-state index is 12.5. The number of rotatable bonds is 8. The fourth-order valence-electron chi connectivity index (χ4n) is 2.67. The second-order valence-corrected chi connectivity index (χ2v) is 7.53. The van der Waals surface area contributed by atoms with Crippen LogP contribution in [-0.4, -0.2) is 47.6 Å². The van der Waals surface area contributed by atoms with E-state index in [-0.39, 0.29) is 22.9 Å². The lowest BCUT2D eigenvalue weighted by Crippen LogP contribution is -2.56. The van der Waals surface area contributed by atoms with Crippen molar-refractivity contribution in [2.45, 2.75) is 78.8 Å². The molecule has 1 N–H and O–H groups in total. The second kappa shape index (κ2) is 9.13. The molecule has 5 heteroatoms. The van der Waals surface area contributed by atoms with Gasteiger partial charge in [-0.2, -0.15) is 0 Å². The molecule has 0 bridgehead atoms. The van der Waals surface area contributed by atoms with Crippen LogP contribution in [0.25, 0.3) is 0 Å². The molecule has 0 atom stereocenters. The number of hydrogen-bond donors (Lipinski definition) is 1. The minimum Gasteiger partial charge on any atom is -0.381 e. The molecule has 22 heavy (non-hydrogen) atoms. The second-order valence-electron chi connectivity index (χ2n) is 7.53. The van der Waals surface area contributed by atoms with Crippen LogP contribution in [0.4, 0.5) is 0 Å². The molecule has 0 unspecified atom stereocenters. The molecule has 0 heterocycles. The minimum absolute atomic E-state index is 0.0579. The van der Waals surface area contributed by atoms with Gasteiger partial charge >= 0.3 is 0 Å². The molecule has 0 aromatic carbocycles. The molecular weight excluding hydrogens is 280 g/mol. The monoisotopic (exact) mass is 314 g/mol. The summed E-state index contributed by atoms with van der Waals surface area (Å²) in [5.41, 5.74) is -0.485. The Bertz CT molecular complexity index is 340. The first-order valence-corrected chi connectivity index (χ1v) is 8.17. The van der Waals surface area contributed by atoms with Crippen molar-refractivity contribution in [3.8, 4) is 0 Å². The third kappa shape index (κ3) is 8.37. The predicted octanol–water partition coefficient (Wildman–Crippen LogP) is 2.74. The molecule has 0 fully saturated rings. The summed E-state index contributed by atoms with van der Waals surface area (Å²) in [5.74, 6) is -0.00972. The molecule has 0 aliphatic carbocycles. The molecule has 0 saturated carbocycles. The molecule has 2 amide bonds. The Morgan fingerprint density at radius 2 is 1.50 bits per heavy atom. The molecule has 0 aromatic rings. The van der Waals surface area contributed by atoms with Gasteiger partial charge in [-0.3, -0.25) is 9.59 Å².